The van der Waals surface area contributed by atoms with Crippen molar-refractivity contribution in [2.24, 2.45) is 5.73 Å². The Balaban J connectivity index is 2.11. The van der Waals surface area contributed by atoms with E-state index in [1.807, 2.05) is 25.1 Å². The van der Waals surface area contributed by atoms with Crippen LogP contribution in [-0.2, 0) is 6.42 Å². The first kappa shape index (κ1) is 12.7. The van der Waals surface area contributed by atoms with Gasteiger partial charge in [0.05, 0.1) is 6.10 Å². The molecule has 1 aromatic carbocycles. The Morgan fingerprint density at radius 1 is 1.44 bits per heavy atom. The van der Waals surface area contributed by atoms with Crippen molar-refractivity contribution in [3.05, 3.63) is 47.1 Å². The molecule has 0 bridgehead atoms. The van der Waals surface area contributed by atoms with Crippen LogP contribution in [0.1, 0.15) is 35.8 Å². The molecule has 2 atom stereocenters. The summed E-state index contributed by atoms with van der Waals surface area (Å²) in [7, 11) is 0. The first-order chi connectivity index (χ1) is 8.56. The zero-order valence-corrected chi connectivity index (χ0v) is 10.5. The lowest BCUT2D eigenvalue weighted by atomic mass is 10.1. The van der Waals surface area contributed by atoms with E-state index in [-0.39, 0.29) is 5.89 Å². The second kappa shape index (κ2) is 5.29. The Bertz CT molecular complexity index is 522. The van der Waals surface area contributed by atoms with Gasteiger partial charge >= 0.3 is 0 Å². The SMILES string of the molecule is Cc1cccc(Cc2noc(C(N)C(C)O)n2)c1. The number of aliphatic hydroxyl groups is 1. The van der Waals surface area contributed by atoms with Crippen LogP contribution >= 0.6 is 0 Å². The fourth-order valence-electron chi connectivity index (χ4n) is 1.69. The van der Waals surface area contributed by atoms with Gasteiger partial charge in [-0.15, -0.1) is 0 Å². The van der Waals surface area contributed by atoms with Crippen LogP contribution in [0.3, 0.4) is 0 Å². The van der Waals surface area contributed by atoms with Gasteiger partial charge < -0.3 is 15.4 Å². The molecule has 0 spiro atoms. The summed E-state index contributed by atoms with van der Waals surface area (Å²) in [6.45, 7) is 3.63. The van der Waals surface area contributed by atoms with E-state index in [1.165, 1.54) is 5.56 Å². The van der Waals surface area contributed by atoms with Gasteiger partial charge in [0, 0.05) is 6.42 Å². The summed E-state index contributed by atoms with van der Waals surface area (Å²) in [6, 6.07) is 7.48. The van der Waals surface area contributed by atoms with E-state index in [4.69, 9.17) is 10.3 Å². The fourth-order valence-corrected chi connectivity index (χ4v) is 1.69. The molecule has 5 heteroatoms. The van der Waals surface area contributed by atoms with E-state index in [2.05, 4.69) is 16.2 Å². The molecular weight excluding hydrogens is 230 g/mol. The third-order valence-electron chi connectivity index (χ3n) is 2.73. The Morgan fingerprint density at radius 2 is 2.22 bits per heavy atom. The highest BCUT2D eigenvalue weighted by atomic mass is 16.5. The van der Waals surface area contributed by atoms with Crippen molar-refractivity contribution in [2.75, 3.05) is 0 Å². The number of nitrogens with two attached hydrogens (primary N) is 1. The maximum absolute atomic E-state index is 9.36. The van der Waals surface area contributed by atoms with E-state index in [9.17, 15) is 5.11 Å². The molecule has 0 fully saturated rings. The highest BCUT2D eigenvalue weighted by molar-refractivity contribution is 5.24. The van der Waals surface area contributed by atoms with E-state index in [1.54, 1.807) is 6.92 Å². The molecule has 0 amide bonds. The lowest BCUT2D eigenvalue weighted by Gasteiger charge is -2.08. The van der Waals surface area contributed by atoms with E-state index in [0.717, 1.165) is 5.56 Å². The van der Waals surface area contributed by atoms with Crippen LogP contribution in [0.4, 0.5) is 0 Å². The molecule has 2 rings (SSSR count). The van der Waals surface area contributed by atoms with Crippen molar-refractivity contribution in [3.8, 4) is 0 Å². The molecule has 3 N–H and O–H groups in total. The van der Waals surface area contributed by atoms with Crippen LogP contribution in [0, 0.1) is 6.92 Å². The molecule has 0 aliphatic heterocycles. The predicted molar refractivity (Wildman–Crippen MR) is 66.9 cm³/mol. The predicted octanol–water partition coefficient (Wildman–Crippen LogP) is 1.35. The van der Waals surface area contributed by atoms with Crippen molar-refractivity contribution in [2.45, 2.75) is 32.4 Å². The molecule has 2 aromatic rings. The molecule has 0 saturated heterocycles. The van der Waals surface area contributed by atoms with E-state index in [0.29, 0.717) is 12.2 Å². The number of aliphatic hydroxyl groups excluding tert-OH is 1. The van der Waals surface area contributed by atoms with Gasteiger partial charge in [0.2, 0.25) is 5.89 Å². The van der Waals surface area contributed by atoms with Crippen molar-refractivity contribution in [1.82, 2.24) is 10.1 Å². The first-order valence-electron chi connectivity index (χ1n) is 5.88. The van der Waals surface area contributed by atoms with Crippen LogP contribution < -0.4 is 5.73 Å². The van der Waals surface area contributed by atoms with E-state index < -0.39 is 12.1 Å². The highest BCUT2D eigenvalue weighted by Gasteiger charge is 2.19. The molecule has 0 aliphatic carbocycles. The van der Waals surface area contributed by atoms with Gasteiger partial charge in [0.1, 0.15) is 6.04 Å². The Morgan fingerprint density at radius 3 is 2.89 bits per heavy atom. The number of hydrogen-bond donors (Lipinski definition) is 2. The fraction of sp³-hybridized carbons (Fsp3) is 0.385. The van der Waals surface area contributed by atoms with Crippen molar-refractivity contribution < 1.29 is 9.63 Å². The quantitative estimate of drug-likeness (QED) is 0.851. The number of nitrogens with zero attached hydrogens (tertiary/aromatic N) is 2. The minimum absolute atomic E-state index is 0.271. The summed E-state index contributed by atoms with van der Waals surface area (Å²) in [5, 5.41) is 13.2. The highest BCUT2D eigenvalue weighted by Crippen LogP contribution is 2.14. The zero-order chi connectivity index (χ0) is 13.1. The Labute approximate surface area is 106 Å². The van der Waals surface area contributed by atoms with Crippen LogP contribution in [0.15, 0.2) is 28.8 Å². The molecule has 5 nitrogen and oxygen atoms in total. The number of rotatable bonds is 4. The molecular formula is C13H17N3O2. The smallest absolute Gasteiger partial charge is 0.246 e. The number of hydrogen-bond acceptors (Lipinski definition) is 5. The second-order valence-corrected chi connectivity index (χ2v) is 4.48. The third kappa shape index (κ3) is 2.94. The molecule has 2 unspecified atom stereocenters. The van der Waals surface area contributed by atoms with Gasteiger partial charge in [-0.1, -0.05) is 35.0 Å². The summed E-state index contributed by atoms with van der Waals surface area (Å²) in [5.74, 6) is 0.847. The Kier molecular flexibility index (Phi) is 3.74. The second-order valence-electron chi connectivity index (χ2n) is 4.48. The van der Waals surface area contributed by atoms with Gasteiger partial charge in [0.25, 0.3) is 0 Å². The minimum Gasteiger partial charge on any atom is -0.391 e. The van der Waals surface area contributed by atoms with Crippen molar-refractivity contribution in [1.29, 1.82) is 0 Å². The van der Waals surface area contributed by atoms with Crippen LogP contribution in [0.5, 0.6) is 0 Å². The molecule has 0 radical (unpaired) electrons. The number of aromatic nitrogens is 2. The van der Waals surface area contributed by atoms with Gasteiger partial charge in [-0.3, -0.25) is 0 Å². The maximum Gasteiger partial charge on any atom is 0.246 e. The number of aryl methyl sites for hydroxylation is 1. The summed E-state index contributed by atoms with van der Waals surface area (Å²) >= 11 is 0. The monoisotopic (exact) mass is 247 g/mol. The first-order valence-corrected chi connectivity index (χ1v) is 5.88. The average Bonchev–Trinajstić information content (AvgIpc) is 2.76. The third-order valence-corrected chi connectivity index (χ3v) is 2.73. The van der Waals surface area contributed by atoms with Crippen LogP contribution in [-0.4, -0.2) is 21.4 Å². The summed E-state index contributed by atoms with van der Waals surface area (Å²) in [5.41, 5.74) is 8.03. The standard InChI is InChI=1S/C13H17N3O2/c1-8-4-3-5-10(6-8)7-11-15-13(18-16-11)12(14)9(2)17/h3-6,9,12,17H,7,14H2,1-2H3. The normalized spacial score (nSPS) is 14.4. The largest absolute Gasteiger partial charge is 0.391 e. The molecule has 18 heavy (non-hydrogen) atoms. The van der Waals surface area contributed by atoms with Gasteiger partial charge in [-0.25, -0.2) is 0 Å². The molecule has 0 aliphatic rings. The van der Waals surface area contributed by atoms with Gasteiger partial charge in [-0.2, -0.15) is 4.98 Å². The van der Waals surface area contributed by atoms with Gasteiger partial charge in [0.15, 0.2) is 5.82 Å². The Hall–Kier alpha value is -1.72. The molecule has 96 valence electrons. The molecule has 1 aromatic heterocycles. The maximum atomic E-state index is 9.36. The summed E-state index contributed by atoms with van der Waals surface area (Å²) in [6.07, 6.45) is -0.116. The van der Waals surface area contributed by atoms with Gasteiger partial charge in [-0.05, 0) is 19.4 Å². The zero-order valence-electron chi connectivity index (χ0n) is 10.5. The minimum atomic E-state index is -0.711. The lowest BCUT2D eigenvalue weighted by molar-refractivity contribution is 0.146. The summed E-state index contributed by atoms with van der Waals surface area (Å²) < 4.78 is 5.04. The molecule has 1 heterocycles. The molecule has 0 saturated carbocycles. The topological polar surface area (TPSA) is 85.2 Å². The van der Waals surface area contributed by atoms with Crippen LogP contribution in [0.2, 0.25) is 0 Å². The van der Waals surface area contributed by atoms with E-state index >= 15 is 0 Å². The van der Waals surface area contributed by atoms with Crippen molar-refractivity contribution in [3.63, 3.8) is 0 Å². The summed E-state index contributed by atoms with van der Waals surface area (Å²) in [4.78, 5) is 4.19. The van der Waals surface area contributed by atoms with Crippen molar-refractivity contribution >= 4 is 0 Å². The average molecular weight is 247 g/mol. The van der Waals surface area contributed by atoms with Crippen LogP contribution in [0.25, 0.3) is 0 Å². The lowest BCUT2D eigenvalue weighted by Crippen LogP contribution is -2.23. The number of benzene rings is 1.